The first-order valence-corrected chi connectivity index (χ1v) is 7.02. The minimum atomic E-state index is -0.337. The highest BCUT2D eigenvalue weighted by molar-refractivity contribution is 7.80. The highest BCUT2D eigenvalue weighted by Crippen LogP contribution is 2.21. The summed E-state index contributed by atoms with van der Waals surface area (Å²) >= 11 is 4.92. The van der Waals surface area contributed by atoms with Crippen molar-refractivity contribution >= 4 is 22.9 Å². The van der Waals surface area contributed by atoms with Gasteiger partial charge in [-0.1, -0.05) is 25.1 Å². The van der Waals surface area contributed by atoms with Gasteiger partial charge in [0.25, 0.3) is 0 Å². The predicted octanol–water partition coefficient (Wildman–Crippen LogP) is 2.83. The van der Waals surface area contributed by atoms with Gasteiger partial charge in [-0.15, -0.1) is 0 Å². The number of hydrogen-bond donors (Lipinski definition) is 2. The van der Waals surface area contributed by atoms with Crippen molar-refractivity contribution in [2.24, 2.45) is 5.73 Å². The van der Waals surface area contributed by atoms with Crippen LogP contribution in [0.2, 0.25) is 0 Å². The molecule has 5 heteroatoms. The van der Waals surface area contributed by atoms with Crippen LogP contribution in [-0.2, 0) is 4.74 Å². The SMILES string of the molecule is NC(=S)c1cc(F)ccc1NCCOC1CCCC1. The number of anilines is 1. The molecule has 0 unspecified atom stereocenters. The molecule has 0 heterocycles. The van der Waals surface area contributed by atoms with Gasteiger partial charge in [0.2, 0.25) is 0 Å². The van der Waals surface area contributed by atoms with E-state index in [0.717, 1.165) is 18.5 Å². The zero-order valence-electron chi connectivity index (χ0n) is 10.8. The highest BCUT2D eigenvalue weighted by atomic mass is 32.1. The van der Waals surface area contributed by atoms with Crippen LogP contribution >= 0.6 is 12.2 Å². The maximum absolute atomic E-state index is 13.1. The molecule has 1 aromatic carbocycles. The van der Waals surface area contributed by atoms with Gasteiger partial charge >= 0.3 is 0 Å². The van der Waals surface area contributed by atoms with Gasteiger partial charge in [0.05, 0.1) is 12.7 Å². The van der Waals surface area contributed by atoms with E-state index in [0.29, 0.717) is 24.8 Å². The Morgan fingerprint density at radius 1 is 1.42 bits per heavy atom. The second kappa shape index (κ2) is 6.82. The van der Waals surface area contributed by atoms with Gasteiger partial charge in [0.1, 0.15) is 10.8 Å². The molecule has 0 bridgehead atoms. The van der Waals surface area contributed by atoms with Crippen LogP contribution in [-0.4, -0.2) is 24.2 Å². The topological polar surface area (TPSA) is 47.3 Å². The van der Waals surface area contributed by atoms with Gasteiger partial charge in [0, 0.05) is 17.8 Å². The number of halogens is 1. The Labute approximate surface area is 118 Å². The zero-order chi connectivity index (χ0) is 13.7. The van der Waals surface area contributed by atoms with Gasteiger partial charge in [-0.3, -0.25) is 0 Å². The molecule has 1 saturated carbocycles. The van der Waals surface area contributed by atoms with E-state index < -0.39 is 0 Å². The molecule has 3 N–H and O–H groups in total. The molecule has 3 nitrogen and oxygen atoms in total. The van der Waals surface area contributed by atoms with Crippen molar-refractivity contribution in [2.45, 2.75) is 31.8 Å². The smallest absolute Gasteiger partial charge is 0.124 e. The molecular weight excluding hydrogens is 263 g/mol. The molecule has 104 valence electrons. The van der Waals surface area contributed by atoms with Crippen molar-refractivity contribution in [3.05, 3.63) is 29.6 Å². The summed E-state index contributed by atoms with van der Waals surface area (Å²) in [7, 11) is 0. The molecule has 1 aliphatic carbocycles. The van der Waals surface area contributed by atoms with E-state index in [1.807, 2.05) is 0 Å². The fourth-order valence-electron chi connectivity index (χ4n) is 2.34. The number of rotatable bonds is 6. The van der Waals surface area contributed by atoms with Gasteiger partial charge in [0.15, 0.2) is 0 Å². The zero-order valence-corrected chi connectivity index (χ0v) is 11.6. The molecule has 0 radical (unpaired) electrons. The van der Waals surface area contributed by atoms with Crippen molar-refractivity contribution < 1.29 is 9.13 Å². The van der Waals surface area contributed by atoms with Gasteiger partial charge in [-0.05, 0) is 31.0 Å². The van der Waals surface area contributed by atoms with Crippen LogP contribution < -0.4 is 11.1 Å². The number of nitrogens with one attached hydrogen (secondary N) is 1. The lowest BCUT2D eigenvalue weighted by Gasteiger charge is -2.14. The Hall–Kier alpha value is -1.20. The Balaban J connectivity index is 1.83. The van der Waals surface area contributed by atoms with E-state index in [9.17, 15) is 4.39 Å². The fourth-order valence-corrected chi connectivity index (χ4v) is 2.51. The number of ether oxygens (including phenoxy) is 1. The molecule has 0 aromatic heterocycles. The second-order valence-corrected chi connectivity index (χ2v) is 5.20. The summed E-state index contributed by atoms with van der Waals surface area (Å²) in [6.07, 6.45) is 5.26. The van der Waals surface area contributed by atoms with E-state index >= 15 is 0 Å². The highest BCUT2D eigenvalue weighted by Gasteiger charge is 2.14. The molecule has 0 saturated heterocycles. The summed E-state index contributed by atoms with van der Waals surface area (Å²) in [5.41, 5.74) is 6.87. The van der Waals surface area contributed by atoms with Crippen LogP contribution in [0.15, 0.2) is 18.2 Å². The number of thiocarbonyl (C=S) groups is 1. The van der Waals surface area contributed by atoms with Crippen molar-refractivity contribution in [3.63, 3.8) is 0 Å². The molecule has 19 heavy (non-hydrogen) atoms. The van der Waals surface area contributed by atoms with E-state index in [1.165, 1.54) is 25.0 Å². The van der Waals surface area contributed by atoms with E-state index in [2.05, 4.69) is 5.32 Å². The minimum absolute atomic E-state index is 0.193. The van der Waals surface area contributed by atoms with Gasteiger partial charge in [-0.2, -0.15) is 0 Å². The fraction of sp³-hybridized carbons (Fsp3) is 0.500. The van der Waals surface area contributed by atoms with Gasteiger partial charge in [-0.25, -0.2) is 4.39 Å². The molecule has 1 fully saturated rings. The van der Waals surface area contributed by atoms with Crippen LogP contribution in [0.5, 0.6) is 0 Å². The lowest BCUT2D eigenvalue weighted by atomic mass is 10.1. The van der Waals surface area contributed by atoms with Gasteiger partial charge < -0.3 is 15.8 Å². The third-order valence-electron chi connectivity index (χ3n) is 3.32. The lowest BCUT2D eigenvalue weighted by Crippen LogP contribution is -2.18. The Kier molecular flexibility index (Phi) is 5.10. The van der Waals surface area contributed by atoms with Crippen LogP contribution in [0.1, 0.15) is 31.2 Å². The summed E-state index contributed by atoms with van der Waals surface area (Å²) in [4.78, 5) is 0.193. The monoisotopic (exact) mass is 282 g/mol. The van der Waals surface area contributed by atoms with Crippen molar-refractivity contribution in [1.82, 2.24) is 0 Å². The lowest BCUT2D eigenvalue weighted by molar-refractivity contribution is 0.0659. The first-order chi connectivity index (χ1) is 9.16. The third-order valence-corrected chi connectivity index (χ3v) is 3.54. The molecule has 0 spiro atoms. The minimum Gasteiger partial charge on any atom is -0.389 e. The molecule has 1 aliphatic rings. The first kappa shape index (κ1) is 14.2. The molecule has 0 atom stereocenters. The standard InChI is InChI=1S/C14H19FN2OS/c15-10-5-6-13(12(9-10)14(16)19)17-7-8-18-11-3-1-2-4-11/h5-6,9,11,17H,1-4,7-8H2,(H2,16,19). The Bertz CT molecular complexity index is 447. The van der Waals surface area contributed by atoms with Crippen LogP contribution in [0, 0.1) is 5.82 Å². The number of nitrogens with two attached hydrogens (primary N) is 1. The molecule has 2 rings (SSSR count). The molecule has 0 amide bonds. The Morgan fingerprint density at radius 2 is 2.16 bits per heavy atom. The maximum Gasteiger partial charge on any atom is 0.124 e. The van der Waals surface area contributed by atoms with Crippen LogP contribution in [0.3, 0.4) is 0 Å². The van der Waals surface area contributed by atoms with E-state index in [1.54, 1.807) is 6.07 Å². The molecule has 1 aromatic rings. The number of hydrogen-bond acceptors (Lipinski definition) is 3. The summed E-state index contributed by atoms with van der Waals surface area (Å²) in [6, 6.07) is 4.39. The maximum atomic E-state index is 13.1. The van der Waals surface area contributed by atoms with Crippen molar-refractivity contribution in [3.8, 4) is 0 Å². The number of benzene rings is 1. The molecule has 0 aliphatic heterocycles. The average molecular weight is 282 g/mol. The van der Waals surface area contributed by atoms with Crippen LogP contribution in [0.4, 0.5) is 10.1 Å². The average Bonchev–Trinajstić information content (AvgIpc) is 2.89. The third kappa shape index (κ3) is 4.14. The van der Waals surface area contributed by atoms with Crippen molar-refractivity contribution in [2.75, 3.05) is 18.5 Å². The second-order valence-electron chi connectivity index (χ2n) is 4.76. The largest absolute Gasteiger partial charge is 0.389 e. The van der Waals surface area contributed by atoms with Crippen LogP contribution in [0.25, 0.3) is 0 Å². The summed E-state index contributed by atoms with van der Waals surface area (Å²) in [5.74, 6) is -0.337. The van der Waals surface area contributed by atoms with Crippen molar-refractivity contribution in [1.29, 1.82) is 0 Å². The first-order valence-electron chi connectivity index (χ1n) is 6.61. The Morgan fingerprint density at radius 3 is 2.84 bits per heavy atom. The summed E-state index contributed by atoms with van der Waals surface area (Å²) < 4.78 is 18.9. The van der Waals surface area contributed by atoms with E-state index in [4.69, 9.17) is 22.7 Å². The molecular formula is C14H19FN2OS. The predicted molar refractivity (Wildman–Crippen MR) is 79.0 cm³/mol. The van der Waals surface area contributed by atoms with E-state index in [-0.39, 0.29) is 10.8 Å². The quantitative estimate of drug-likeness (QED) is 0.622. The summed E-state index contributed by atoms with van der Waals surface area (Å²) in [6.45, 7) is 1.30. The summed E-state index contributed by atoms with van der Waals surface area (Å²) in [5, 5.41) is 3.19. The normalized spacial score (nSPS) is 15.6.